The molecule has 0 spiro atoms. The Hall–Kier alpha value is -1.41. The van der Waals surface area contributed by atoms with Crippen LogP contribution in [-0.4, -0.2) is 32.4 Å². The number of hydrogen-bond acceptors (Lipinski definition) is 7. The zero-order valence-electron chi connectivity index (χ0n) is 12.4. The number of carbonyl (C=O) groups excluding carboxylic acids is 1. The molecule has 1 N–H and O–H groups in total. The molecule has 0 aliphatic rings. The molecule has 0 saturated heterocycles. The van der Waals surface area contributed by atoms with E-state index in [1.165, 1.54) is 11.8 Å². The lowest BCUT2D eigenvalue weighted by Crippen LogP contribution is -2.35. The molecule has 0 aromatic carbocycles. The summed E-state index contributed by atoms with van der Waals surface area (Å²) in [6, 6.07) is 0.117. The number of thiazole rings is 1. The fraction of sp³-hybridized carbons (Fsp3) is 0.538. The first-order chi connectivity index (χ1) is 9.94. The summed E-state index contributed by atoms with van der Waals surface area (Å²) in [4.78, 5) is 16.2. The van der Waals surface area contributed by atoms with E-state index in [1.54, 1.807) is 11.3 Å². The van der Waals surface area contributed by atoms with Gasteiger partial charge in [0, 0.05) is 11.4 Å². The minimum absolute atomic E-state index is 0.0372. The molecule has 0 unspecified atom stereocenters. The Bertz CT molecular complexity index is 609. The lowest BCUT2D eigenvalue weighted by atomic mass is 10.3. The average Bonchev–Trinajstić information content (AvgIpc) is 2.98. The first-order valence-corrected chi connectivity index (χ1v) is 8.40. The molecular formula is C13H18N4O2S2. The molecule has 0 fully saturated rings. The summed E-state index contributed by atoms with van der Waals surface area (Å²) < 4.78 is 5.55. The first-order valence-electron chi connectivity index (χ1n) is 6.64. The normalized spacial score (nSPS) is 12.6. The highest BCUT2D eigenvalue weighted by Gasteiger charge is 2.19. The van der Waals surface area contributed by atoms with E-state index in [0.29, 0.717) is 17.5 Å². The molecule has 2 aromatic heterocycles. The lowest BCUT2D eigenvalue weighted by molar-refractivity contribution is -0.120. The predicted molar refractivity (Wildman–Crippen MR) is 82.6 cm³/mol. The molecule has 6 nitrogen and oxygen atoms in total. The van der Waals surface area contributed by atoms with Gasteiger partial charge in [0.25, 0.3) is 5.22 Å². The molecule has 2 aromatic rings. The van der Waals surface area contributed by atoms with Gasteiger partial charge in [-0.1, -0.05) is 11.8 Å². The van der Waals surface area contributed by atoms with Crippen molar-refractivity contribution < 1.29 is 9.21 Å². The fourth-order valence-corrected chi connectivity index (χ4v) is 2.93. The van der Waals surface area contributed by atoms with Crippen LogP contribution in [0.4, 0.5) is 0 Å². The van der Waals surface area contributed by atoms with Crippen LogP contribution in [0.1, 0.15) is 37.4 Å². The maximum absolute atomic E-state index is 11.8. The van der Waals surface area contributed by atoms with Crippen molar-refractivity contribution in [1.29, 1.82) is 0 Å². The predicted octanol–water partition coefficient (Wildman–Crippen LogP) is 2.43. The summed E-state index contributed by atoms with van der Waals surface area (Å²) in [7, 11) is 0. The van der Waals surface area contributed by atoms with Crippen LogP contribution in [0.5, 0.6) is 0 Å². The minimum atomic E-state index is -0.276. The molecule has 0 aliphatic carbocycles. The van der Waals surface area contributed by atoms with E-state index in [9.17, 15) is 4.79 Å². The van der Waals surface area contributed by atoms with Crippen molar-refractivity contribution in [1.82, 2.24) is 20.5 Å². The van der Waals surface area contributed by atoms with Crippen molar-refractivity contribution in [2.24, 2.45) is 0 Å². The Morgan fingerprint density at radius 3 is 2.81 bits per heavy atom. The quantitative estimate of drug-likeness (QED) is 0.821. The van der Waals surface area contributed by atoms with Crippen LogP contribution in [-0.2, 0) is 11.2 Å². The second kappa shape index (κ2) is 7.04. The Morgan fingerprint density at radius 1 is 1.43 bits per heavy atom. The van der Waals surface area contributed by atoms with E-state index in [1.807, 2.05) is 33.1 Å². The van der Waals surface area contributed by atoms with Gasteiger partial charge in [-0.05, 0) is 27.7 Å². The van der Waals surface area contributed by atoms with Gasteiger partial charge in [0.1, 0.15) is 0 Å². The third-order valence-electron chi connectivity index (χ3n) is 2.52. The summed E-state index contributed by atoms with van der Waals surface area (Å²) >= 11 is 2.85. The maximum atomic E-state index is 11.8. The van der Waals surface area contributed by atoms with Crippen LogP contribution in [0.15, 0.2) is 15.0 Å². The third kappa shape index (κ3) is 4.82. The molecule has 1 amide bonds. The zero-order valence-corrected chi connectivity index (χ0v) is 14.0. The molecular weight excluding hydrogens is 308 g/mol. The first kappa shape index (κ1) is 16.0. The summed E-state index contributed by atoms with van der Waals surface area (Å²) in [6.45, 7) is 7.63. The molecule has 0 radical (unpaired) electrons. The highest BCUT2D eigenvalue weighted by molar-refractivity contribution is 8.00. The van der Waals surface area contributed by atoms with E-state index in [-0.39, 0.29) is 17.2 Å². The van der Waals surface area contributed by atoms with Gasteiger partial charge in [-0.2, -0.15) is 0 Å². The SMILES string of the molecule is Cc1nc(Cc2nnc(S[C@H](C)C(=O)NC(C)C)o2)cs1. The summed E-state index contributed by atoms with van der Waals surface area (Å²) in [6.07, 6.45) is 0.518. The molecule has 1 atom stereocenters. The van der Waals surface area contributed by atoms with E-state index < -0.39 is 0 Å². The second-order valence-electron chi connectivity index (χ2n) is 4.92. The topological polar surface area (TPSA) is 80.9 Å². The van der Waals surface area contributed by atoms with Gasteiger partial charge < -0.3 is 9.73 Å². The Morgan fingerprint density at radius 2 is 2.19 bits per heavy atom. The molecule has 0 saturated carbocycles. The van der Waals surface area contributed by atoms with Crippen LogP contribution >= 0.6 is 23.1 Å². The van der Waals surface area contributed by atoms with Crippen LogP contribution in [0.3, 0.4) is 0 Å². The van der Waals surface area contributed by atoms with E-state index in [2.05, 4.69) is 20.5 Å². The Labute approximate surface area is 131 Å². The van der Waals surface area contributed by atoms with Crippen LogP contribution in [0.25, 0.3) is 0 Å². The Kier molecular flexibility index (Phi) is 5.35. The highest BCUT2D eigenvalue weighted by atomic mass is 32.2. The lowest BCUT2D eigenvalue weighted by Gasteiger charge is -2.12. The third-order valence-corrected chi connectivity index (χ3v) is 4.28. The zero-order chi connectivity index (χ0) is 15.4. The van der Waals surface area contributed by atoms with Gasteiger partial charge in [-0.3, -0.25) is 4.79 Å². The standard InChI is InChI=1S/C13H18N4O2S2/c1-7(2)14-12(18)8(3)21-13-17-16-11(19-13)5-10-6-20-9(4)15-10/h6-8H,5H2,1-4H3,(H,14,18)/t8-/m1/s1. The number of rotatable bonds is 6. The van der Waals surface area contributed by atoms with Gasteiger partial charge in [0.15, 0.2) is 0 Å². The van der Waals surface area contributed by atoms with Gasteiger partial charge >= 0.3 is 0 Å². The van der Waals surface area contributed by atoms with E-state index in [0.717, 1.165) is 10.7 Å². The van der Waals surface area contributed by atoms with Crippen molar-refractivity contribution in [3.05, 3.63) is 22.0 Å². The highest BCUT2D eigenvalue weighted by Crippen LogP contribution is 2.23. The molecule has 21 heavy (non-hydrogen) atoms. The van der Waals surface area contributed by atoms with Crippen molar-refractivity contribution >= 4 is 29.0 Å². The molecule has 0 aliphatic heterocycles. The van der Waals surface area contributed by atoms with E-state index in [4.69, 9.17) is 4.42 Å². The number of thioether (sulfide) groups is 1. The van der Waals surface area contributed by atoms with Crippen LogP contribution < -0.4 is 5.32 Å². The largest absolute Gasteiger partial charge is 0.416 e. The van der Waals surface area contributed by atoms with Gasteiger partial charge in [0.2, 0.25) is 11.8 Å². The van der Waals surface area contributed by atoms with Crippen LogP contribution in [0, 0.1) is 6.92 Å². The van der Waals surface area contributed by atoms with Crippen LogP contribution in [0.2, 0.25) is 0 Å². The number of nitrogens with one attached hydrogen (secondary N) is 1. The van der Waals surface area contributed by atoms with Gasteiger partial charge in [-0.15, -0.1) is 21.5 Å². The summed E-state index contributed by atoms with van der Waals surface area (Å²) in [5.41, 5.74) is 0.920. The maximum Gasteiger partial charge on any atom is 0.277 e. The fourth-order valence-electron chi connectivity index (χ4n) is 1.61. The van der Waals surface area contributed by atoms with Gasteiger partial charge in [-0.25, -0.2) is 4.98 Å². The second-order valence-corrected chi connectivity index (χ2v) is 7.27. The summed E-state index contributed by atoms with van der Waals surface area (Å²) in [5.74, 6) is 0.476. The molecule has 114 valence electrons. The monoisotopic (exact) mass is 326 g/mol. The number of carbonyl (C=O) groups is 1. The molecule has 8 heteroatoms. The van der Waals surface area contributed by atoms with Crippen molar-refractivity contribution in [3.8, 4) is 0 Å². The minimum Gasteiger partial charge on any atom is -0.416 e. The van der Waals surface area contributed by atoms with Crippen molar-refractivity contribution in [2.45, 2.75) is 50.6 Å². The summed E-state index contributed by atoms with van der Waals surface area (Å²) in [5, 5.41) is 13.9. The molecule has 0 bridgehead atoms. The van der Waals surface area contributed by atoms with Gasteiger partial charge in [0.05, 0.1) is 22.4 Å². The number of aromatic nitrogens is 3. The molecule has 2 rings (SSSR count). The molecule has 2 heterocycles. The van der Waals surface area contributed by atoms with Crippen molar-refractivity contribution in [3.63, 3.8) is 0 Å². The number of nitrogens with zero attached hydrogens (tertiary/aromatic N) is 3. The number of aryl methyl sites for hydroxylation is 1. The smallest absolute Gasteiger partial charge is 0.277 e. The number of amides is 1. The Balaban J connectivity index is 1.92. The number of hydrogen-bond donors (Lipinski definition) is 1. The van der Waals surface area contributed by atoms with Crippen molar-refractivity contribution in [2.75, 3.05) is 0 Å². The van der Waals surface area contributed by atoms with E-state index >= 15 is 0 Å². The average molecular weight is 326 g/mol.